The highest BCUT2D eigenvalue weighted by atomic mass is 32.2. The smallest absolute Gasteiger partial charge is 0.279 e. The third-order valence-electron chi connectivity index (χ3n) is 3.91. The molecule has 8 nitrogen and oxygen atoms in total. The van der Waals surface area contributed by atoms with Crippen molar-refractivity contribution in [2.75, 3.05) is 43.7 Å². The first-order chi connectivity index (χ1) is 14.0. The minimum atomic E-state index is -2.81. The van der Waals surface area contributed by atoms with Gasteiger partial charge in [0.05, 0.1) is 36.0 Å². The van der Waals surface area contributed by atoms with Crippen molar-refractivity contribution in [2.24, 2.45) is 5.73 Å². The summed E-state index contributed by atoms with van der Waals surface area (Å²) in [6.45, 7) is 2.38. The van der Waals surface area contributed by atoms with Gasteiger partial charge in [0.1, 0.15) is 18.0 Å². The molecule has 0 bridgehead atoms. The van der Waals surface area contributed by atoms with Gasteiger partial charge in [-0.15, -0.1) is 0 Å². The normalized spacial score (nSPS) is 16.8. The van der Waals surface area contributed by atoms with Crippen LogP contribution in [0.5, 0.6) is 0 Å². The Morgan fingerprint density at radius 3 is 2.90 bits per heavy atom. The average molecular weight is 426 g/mol. The molecule has 0 radical (unpaired) electrons. The number of hydrogen-bond acceptors (Lipinski definition) is 8. The van der Waals surface area contributed by atoms with Crippen LogP contribution < -0.4 is 10.6 Å². The third-order valence-corrected chi connectivity index (χ3v) is 3.91. The number of H-pyrrole nitrogens is 1. The second-order valence-corrected chi connectivity index (χ2v) is 6.93. The molecule has 0 spiro atoms. The average Bonchev–Trinajstić information content (AvgIpc) is 3.22. The number of hydrogen-bond donors (Lipinski definition) is 3. The standard InChI is InChI=1S/C16H19F2N7O.C2H6S/c17-16(18)11(20)1-2-14-21-7-13(24-14)12-5-15(23-9-22-12)25-3-4-26-10(6-19)8-25;1-3-2/h1-2,5,7,9-10,16,20H,3-4,6,8,19H2,(H,21,24);1-2H3/b2-1-,20-11?;. The molecule has 0 aromatic carbocycles. The predicted molar refractivity (Wildman–Crippen MR) is 113 cm³/mol. The predicted octanol–water partition coefficient (Wildman–Crippen LogP) is 2.31. The maximum absolute atomic E-state index is 12.3. The molecule has 0 amide bonds. The largest absolute Gasteiger partial charge is 0.373 e. The number of aromatic nitrogens is 4. The van der Waals surface area contributed by atoms with E-state index in [0.29, 0.717) is 43.5 Å². The van der Waals surface area contributed by atoms with E-state index in [1.165, 1.54) is 12.4 Å². The highest BCUT2D eigenvalue weighted by molar-refractivity contribution is 7.97. The lowest BCUT2D eigenvalue weighted by Crippen LogP contribution is -2.46. The van der Waals surface area contributed by atoms with Gasteiger partial charge < -0.3 is 20.4 Å². The summed E-state index contributed by atoms with van der Waals surface area (Å²) in [4.78, 5) is 17.7. The van der Waals surface area contributed by atoms with E-state index < -0.39 is 12.1 Å². The van der Waals surface area contributed by atoms with Crippen molar-refractivity contribution < 1.29 is 13.5 Å². The Bertz CT molecular complexity index is 815. The number of anilines is 1. The lowest BCUT2D eigenvalue weighted by molar-refractivity contribution is 0.0463. The van der Waals surface area contributed by atoms with Gasteiger partial charge in [-0.1, -0.05) is 0 Å². The Labute approximate surface area is 172 Å². The SMILES string of the molecule is CSC.N=C(/C=C\c1ncc(-c2cc(N3CCOC(CN)C3)ncn2)[nH]1)C(F)F. The Morgan fingerprint density at radius 2 is 2.21 bits per heavy atom. The number of nitrogens with two attached hydrogens (primary N) is 1. The molecule has 11 heteroatoms. The van der Waals surface area contributed by atoms with Gasteiger partial charge in [-0.05, 0) is 24.7 Å². The topological polar surface area (TPSA) is 117 Å². The van der Waals surface area contributed by atoms with Gasteiger partial charge >= 0.3 is 0 Å². The Hall–Kier alpha value is -2.37. The van der Waals surface area contributed by atoms with Gasteiger partial charge in [0, 0.05) is 25.7 Å². The van der Waals surface area contributed by atoms with Crippen LogP contribution in [0.15, 0.2) is 24.7 Å². The first-order valence-corrected chi connectivity index (χ1v) is 10.5. The Morgan fingerprint density at radius 1 is 1.45 bits per heavy atom. The van der Waals surface area contributed by atoms with Crippen LogP contribution in [0.4, 0.5) is 14.6 Å². The number of alkyl halides is 2. The Kier molecular flexibility index (Phi) is 9.16. The van der Waals surface area contributed by atoms with Gasteiger partial charge in [0.15, 0.2) is 0 Å². The van der Waals surface area contributed by atoms with E-state index >= 15 is 0 Å². The summed E-state index contributed by atoms with van der Waals surface area (Å²) in [5.41, 5.74) is 6.15. The summed E-state index contributed by atoms with van der Waals surface area (Å²) >= 11 is 1.75. The number of rotatable bonds is 6. The summed E-state index contributed by atoms with van der Waals surface area (Å²) in [5, 5.41) is 7.11. The number of ether oxygens (including phenoxy) is 1. The molecule has 1 atom stereocenters. The van der Waals surface area contributed by atoms with Crippen LogP contribution in [0.25, 0.3) is 17.5 Å². The second-order valence-electron chi connectivity index (χ2n) is 6.12. The first-order valence-electron chi connectivity index (χ1n) is 8.87. The summed E-state index contributed by atoms with van der Waals surface area (Å²) in [6, 6.07) is 1.82. The molecule has 1 aliphatic rings. The van der Waals surface area contributed by atoms with E-state index in [1.807, 2.05) is 18.6 Å². The van der Waals surface area contributed by atoms with E-state index in [1.54, 1.807) is 18.0 Å². The molecule has 29 heavy (non-hydrogen) atoms. The van der Waals surface area contributed by atoms with Crippen molar-refractivity contribution in [2.45, 2.75) is 12.5 Å². The monoisotopic (exact) mass is 425 g/mol. The molecule has 3 rings (SSSR count). The molecule has 1 fully saturated rings. The zero-order valence-corrected chi connectivity index (χ0v) is 17.1. The fourth-order valence-electron chi connectivity index (χ4n) is 2.53. The quantitative estimate of drug-likeness (QED) is 0.608. The number of thioether (sulfide) groups is 1. The van der Waals surface area contributed by atoms with Crippen molar-refractivity contribution in [3.05, 3.63) is 30.5 Å². The maximum atomic E-state index is 12.3. The number of morpholine rings is 1. The van der Waals surface area contributed by atoms with Crippen LogP contribution in [0.2, 0.25) is 0 Å². The molecule has 1 aliphatic heterocycles. The van der Waals surface area contributed by atoms with Gasteiger partial charge in [-0.2, -0.15) is 11.8 Å². The van der Waals surface area contributed by atoms with Crippen LogP contribution in [-0.4, -0.2) is 76.9 Å². The molecular weight excluding hydrogens is 400 g/mol. The molecule has 1 saturated heterocycles. The van der Waals surface area contributed by atoms with E-state index in [9.17, 15) is 8.78 Å². The number of nitrogens with one attached hydrogen (secondary N) is 2. The zero-order valence-electron chi connectivity index (χ0n) is 16.3. The van der Waals surface area contributed by atoms with Crippen molar-refractivity contribution in [1.82, 2.24) is 19.9 Å². The number of aromatic amines is 1. The zero-order chi connectivity index (χ0) is 21.2. The number of allylic oxidation sites excluding steroid dienone is 1. The van der Waals surface area contributed by atoms with Crippen LogP contribution in [-0.2, 0) is 4.74 Å². The molecule has 0 aliphatic carbocycles. The lowest BCUT2D eigenvalue weighted by Gasteiger charge is -2.33. The van der Waals surface area contributed by atoms with Crippen molar-refractivity contribution in [1.29, 1.82) is 5.41 Å². The molecule has 1 unspecified atom stereocenters. The summed E-state index contributed by atoms with van der Waals surface area (Å²) in [7, 11) is 0. The van der Waals surface area contributed by atoms with Gasteiger partial charge in [0.2, 0.25) is 0 Å². The molecule has 2 aromatic heterocycles. The Balaban J connectivity index is 0.000000941. The van der Waals surface area contributed by atoms with Crippen molar-refractivity contribution in [3.63, 3.8) is 0 Å². The van der Waals surface area contributed by atoms with Gasteiger partial charge in [-0.25, -0.2) is 23.7 Å². The van der Waals surface area contributed by atoms with Crippen LogP contribution >= 0.6 is 11.8 Å². The third kappa shape index (κ3) is 6.87. The summed E-state index contributed by atoms with van der Waals surface area (Å²) in [6.07, 6.45) is 6.60. The number of nitrogens with zero attached hydrogens (tertiary/aromatic N) is 4. The van der Waals surface area contributed by atoms with E-state index in [2.05, 4.69) is 24.8 Å². The van der Waals surface area contributed by atoms with Crippen LogP contribution in [0.3, 0.4) is 0 Å². The van der Waals surface area contributed by atoms with Gasteiger partial charge in [-0.3, -0.25) is 5.41 Å². The highest BCUT2D eigenvalue weighted by Crippen LogP contribution is 2.21. The van der Waals surface area contributed by atoms with Crippen LogP contribution in [0, 0.1) is 5.41 Å². The first kappa shape index (κ1) is 22.9. The van der Waals surface area contributed by atoms with Gasteiger partial charge in [0.25, 0.3) is 6.43 Å². The molecule has 0 saturated carbocycles. The lowest BCUT2D eigenvalue weighted by atomic mass is 10.2. The molecular formula is C18H25F2N7OS. The molecule has 3 heterocycles. The van der Waals surface area contributed by atoms with E-state index in [4.69, 9.17) is 15.9 Å². The van der Waals surface area contributed by atoms with Crippen molar-refractivity contribution in [3.8, 4) is 11.4 Å². The summed E-state index contributed by atoms with van der Waals surface area (Å²) in [5.74, 6) is 1.11. The van der Waals surface area contributed by atoms with E-state index in [0.717, 1.165) is 11.9 Å². The highest BCUT2D eigenvalue weighted by Gasteiger charge is 2.21. The molecule has 2 aromatic rings. The molecule has 158 valence electrons. The maximum Gasteiger partial charge on any atom is 0.279 e. The van der Waals surface area contributed by atoms with E-state index in [-0.39, 0.29) is 6.10 Å². The fourth-order valence-corrected chi connectivity index (χ4v) is 2.53. The van der Waals surface area contributed by atoms with Crippen LogP contribution in [0.1, 0.15) is 5.82 Å². The number of halogens is 2. The molecule has 4 N–H and O–H groups in total. The number of imidazole rings is 1. The second kappa shape index (κ2) is 11.6. The minimum absolute atomic E-state index is 0.0313. The summed E-state index contributed by atoms with van der Waals surface area (Å²) < 4.78 is 30.2. The van der Waals surface area contributed by atoms with Crippen molar-refractivity contribution >= 4 is 29.4 Å². The minimum Gasteiger partial charge on any atom is -0.373 e. The fraction of sp³-hybridized carbons (Fsp3) is 0.444.